The molecule has 2 aromatic carbocycles. The Morgan fingerprint density at radius 1 is 1.16 bits per heavy atom. The van der Waals surface area contributed by atoms with Crippen LogP contribution in [-0.2, 0) is 11.2 Å². The predicted octanol–water partition coefficient (Wildman–Crippen LogP) is 5.59. The number of ether oxygens (including phenoxy) is 2. The molecular formula is C29H33FN2O4S. The van der Waals surface area contributed by atoms with Gasteiger partial charge in [-0.25, -0.2) is 4.39 Å². The van der Waals surface area contributed by atoms with Gasteiger partial charge in [0.2, 0.25) is 5.91 Å². The highest BCUT2D eigenvalue weighted by Crippen LogP contribution is 2.34. The van der Waals surface area contributed by atoms with Crippen LogP contribution >= 0.6 is 11.3 Å². The molecule has 1 aromatic heterocycles. The van der Waals surface area contributed by atoms with Crippen molar-refractivity contribution in [1.82, 2.24) is 9.80 Å². The number of thiophene rings is 1. The second kappa shape index (κ2) is 12.2. The van der Waals surface area contributed by atoms with Gasteiger partial charge in [0, 0.05) is 24.0 Å². The second-order valence-electron chi connectivity index (χ2n) is 9.53. The number of rotatable bonds is 10. The van der Waals surface area contributed by atoms with Gasteiger partial charge in [-0.15, -0.1) is 11.3 Å². The molecule has 0 aliphatic carbocycles. The van der Waals surface area contributed by atoms with E-state index in [2.05, 4.69) is 13.8 Å². The maximum absolute atomic E-state index is 13.7. The molecule has 6 nitrogen and oxygen atoms in total. The van der Waals surface area contributed by atoms with Crippen LogP contribution in [0.4, 0.5) is 4.39 Å². The van der Waals surface area contributed by atoms with Gasteiger partial charge in [0.25, 0.3) is 5.91 Å². The molecule has 0 unspecified atom stereocenters. The fourth-order valence-corrected chi connectivity index (χ4v) is 5.45. The fourth-order valence-electron chi connectivity index (χ4n) is 4.52. The molecule has 196 valence electrons. The van der Waals surface area contributed by atoms with Crippen molar-refractivity contribution in [1.29, 1.82) is 0 Å². The van der Waals surface area contributed by atoms with E-state index in [9.17, 15) is 14.0 Å². The van der Waals surface area contributed by atoms with Crippen molar-refractivity contribution in [2.75, 3.05) is 33.4 Å². The highest BCUT2D eigenvalue weighted by Gasteiger charge is 2.34. The highest BCUT2D eigenvalue weighted by atomic mass is 32.1. The number of para-hydroxylation sites is 1. The summed E-state index contributed by atoms with van der Waals surface area (Å²) in [5.74, 6) is 0.528. The van der Waals surface area contributed by atoms with Crippen LogP contribution in [0.5, 0.6) is 11.5 Å². The number of halogens is 1. The van der Waals surface area contributed by atoms with E-state index >= 15 is 0 Å². The largest absolute Gasteiger partial charge is 0.496 e. The number of fused-ring (bicyclic) bond motifs is 1. The number of carbonyl (C=O) groups excluding carboxylic acids is 2. The average molecular weight is 525 g/mol. The quantitative estimate of drug-likeness (QED) is 0.347. The number of nitrogens with zero attached hydrogens (tertiary/aromatic N) is 2. The number of methoxy groups -OCH3 is 1. The predicted molar refractivity (Wildman–Crippen MR) is 143 cm³/mol. The van der Waals surface area contributed by atoms with Gasteiger partial charge in [-0.1, -0.05) is 32.0 Å². The molecule has 2 amide bonds. The Balaban J connectivity index is 1.55. The molecule has 0 spiro atoms. The molecule has 0 saturated heterocycles. The van der Waals surface area contributed by atoms with Crippen LogP contribution in [0.2, 0.25) is 0 Å². The van der Waals surface area contributed by atoms with Gasteiger partial charge in [0.05, 0.1) is 18.7 Å². The maximum Gasteiger partial charge on any atom is 0.258 e. The molecule has 0 N–H and O–H groups in total. The molecule has 3 aromatic rings. The molecule has 2 heterocycles. The average Bonchev–Trinajstić information content (AvgIpc) is 3.38. The van der Waals surface area contributed by atoms with Crippen LogP contribution in [-0.4, -0.2) is 55.0 Å². The number of hydrogen-bond donors (Lipinski definition) is 0. The van der Waals surface area contributed by atoms with Gasteiger partial charge < -0.3 is 19.3 Å². The Labute approximate surface area is 221 Å². The first kappa shape index (κ1) is 26.7. The summed E-state index contributed by atoms with van der Waals surface area (Å²) >= 11 is 1.67. The first-order chi connectivity index (χ1) is 17.9. The lowest BCUT2D eigenvalue weighted by Gasteiger charge is -2.37. The Hall–Kier alpha value is -3.39. The molecule has 0 bridgehead atoms. The Morgan fingerprint density at radius 3 is 2.73 bits per heavy atom. The zero-order valence-electron chi connectivity index (χ0n) is 21.5. The lowest BCUT2D eigenvalue weighted by atomic mass is 10.00. The fraction of sp³-hybridized carbons (Fsp3) is 0.379. The van der Waals surface area contributed by atoms with E-state index < -0.39 is 0 Å². The van der Waals surface area contributed by atoms with Gasteiger partial charge in [-0.3, -0.25) is 9.59 Å². The van der Waals surface area contributed by atoms with Gasteiger partial charge in [0.15, 0.2) is 0 Å². The minimum absolute atomic E-state index is 0.0421. The summed E-state index contributed by atoms with van der Waals surface area (Å²) in [6, 6.07) is 14.8. The lowest BCUT2D eigenvalue weighted by molar-refractivity contribution is -0.135. The van der Waals surface area contributed by atoms with E-state index in [4.69, 9.17) is 9.47 Å². The molecule has 37 heavy (non-hydrogen) atoms. The van der Waals surface area contributed by atoms with Crippen molar-refractivity contribution >= 4 is 23.2 Å². The van der Waals surface area contributed by atoms with Gasteiger partial charge in [-0.05, 0) is 60.0 Å². The summed E-state index contributed by atoms with van der Waals surface area (Å²) in [5, 5.41) is 2.02. The van der Waals surface area contributed by atoms with E-state index in [0.717, 1.165) is 18.4 Å². The van der Waals surface area contributed by atoms with E-state index in [0.29, 0.717) is 36.1 Å². The standard InChI is InChI=1S/C29H33FN2O4S/c1-20(2)11-14-31(29(34)24-9-4-5-10-26(24)35-3)18-28(33)32-15-12-27-23(13-16-37-27)25(32)19-36-22-8-6-7-21(30)17-22/h4-10,13,16-17,20,25H,11-12,14-15,18-19H2,1-3H3/t25-/m1/s1. The summed E-state index contributed by atoms with van der Waals surface area (Å²) < 4.78 is 25.0. The maximum atomic E-state index is 13.7. The summed E-state index contributed by atoms with van der Waals surface area (Å²) in [7, 11) is 1.53. The first-order valence-corrected chi connectivity index (χ1v) is 13.4. The third kappa shape index (κ3) is 6.49. The summed E-state index contributed by atoms with van der Waals surface area (Å²) in [5.41, 5.74) is 1.48. The number of amides is 2. The van der Waals surface area contributed by atoms with Crippen molar-refractivity contribution in [2.45, 2.75) is 32.7 Å². The monoisotopic (exact) mass is 524 g/mol. The summed E-state index contributed by atoms with van der Waals surface area (Å²) in [4.78, 5) is 31.9. The zero-order valence-corrected chi connectivity index (χ0v) is 22.3. The van der Waals surface area contributed by atoms with Crippen LogP contribution in [0.25, 0.3) is 0 Å². The van der Waals surface area contributed by atoms with Gasteiger partial charge >= 0.3 is 0 Å². The normalized spacial score (nSPS) is 14.8. The number of hydrogen-bond acceptors (Lipinski definition) is 5. The van der Waals surface area contributed by atoms with Crippen molar-refractivity contribution in [3.05, 3.63) is 81.8 Å². The molecule has 0 radical (unpaired) electrons. The van der Waals surface area contributed by atoms with Crippen LogP contribution in [0.1, 0.15) is 47.1 Å². The minimum Gasteiger partial charge on any atom is -0.496 e. The Kier molecular flexibility index (Phi) is 8.82. The van der Waals surface area contributed by atoms with Crippen molar-refractivity contribution in [3.63, 3.8) is 0 Å². The molecule has 1 aliphatic heterocycles. The third-order valence-electron chi connectivity index (χ3n) is 6.55. The van der Waals surface area contributed by atoms with E-state index in [-0.39, 0.29) is 36.8 Å². The Bertz CT molecular complexity index is 1230. The van der Waals surface area contributed by atoms with Crippen molar-refractivity contribution in [2.24, 2.45) is 5.92 Å². The third-order valence-corrected chi connectivity index (χ3v) is 7.54. The van der Waals surface area contributed by atoms with Gasteiger partial charge in [0.1, 0.15) is 30.5 Å². The molecule has 1 atom stereocenters. The first-order valence-electron chi connectivity index (χ1n) is 12.5. The van der Waals surface area contributed by atoms with Crippen LogP contribution in [0.3, 0.4) is 0 Å². The van der Waals surface area contributed by atoms with Crippen molar-refractivity contribution < 1.29 is 23.5 Å². The molecule has 8 heteroatoms. The smallest absolute Gasteiger partial charge is 0.258 e. The zero-order chi connectivity index (χ0) is 26.4. The highest BCUT2D eigenvalue weighted by molar-refractivity contribution is 7.10. The summed E-state index contributed by atoms with van der Waals surface area (Å²) in [6.45, 7) is 5.34. The van der Waals surface area contributed by atoms with Crippen LogP contribution in [0.15, 0.2) is 60.0 Å². The van der Waals surface area contributed by atoms with Crippen molar-refractivity contribution in [3.8, 4) is 11.5 Å². The lowest BCUT2D eigenvalue weighted by Crippen LogP contribution is -2.48. The van der Waals surface area contributed by atoms with E-state index in [1.54, 1.807) is 51.5 Å². The SMILES string of the molecule is COc1ccccc1C(=O)N(CCC(C)C)CC(=O)N1CCc2sccc2[C@H]1COc1cccc(F)c1. The molecule has 4 rings (SSSR count). The molecule has 1 aliphatic rings. The molecular weight excluding hydrogens is 491 g/mol. The van der Waals surface area contributed by atoms with Crippen LogP contribution < -0.4 is 9.47 Å². The summed E-state index contributed by atoms with van der Waals surface area (Å²) in [6.07, 6.45) is 1.52. The number of carbonyl (C=O) groups is 2. The molecule has 0 saturated carbocycles. The Morgan fingerprint density at radius 2 is 1.97 bits per heavy atom. The molecule has 0 fully saturated rings. The van der Waals surface area contributed by atoms with E-state index in [1.165, 1.54) is 24.1 Å². The van der Waals surface area contributed by atoms with Gasteiger partial charge in [-0.2, -0.15) is 0 Å². The second-order valence-corrected chi connectivity index (χ2v) is 10.5. The van der Waals surface area contributed by atoms with E-state index in [1.807, 2.05) is 17.5 Å². The topological polar surface area (TPSA) is 59.1 Å². The minimum atomic E-state index is -0.374. The van der Waals surface area contributed by atoms with Crippen LogP contribution in [0, 0.1) is 11.7 Å². The number of benzene rings is 2.